The zero-order valence-electron chi connectivity index (χ0n) is 67.2. The van der Waals surface area contributed by atoms with Crippen LogP contribution in [-0.4, -0.2) is 74.8 Å². The first-order valence-corrected chi connectivity index (χ1v) is 38.5. The van der Waals surface area contributed by atoms with Gasteiger partial charge in [0, 0.05) is 18.9 Å². The van der Waals surface area contributed by atoms with Crippen LogP contribution in [0.5, 0.6) is 40.2 Å². The maximum absolute atomic E-state index is 13.8. The minimum atomic E-state index is -1.95. The van der Waals surface area contributed by atoms with Gasteiger partial charge in [-0.2, -0.15) is 26.3 Å². The van der Waals surface area contributed by atoms with Crippen molar-refractivity contribution in [3.05, 3.63) is 360 Å². The Morgan fingerprint density at radius 1 is 0.347 bits per heavy atom. The molecule has 612 valence electrons. The number of ether oxygens (including phenoxy) is 9. The van der Waals surface area contributed by atoms with Crippen LogP contribution < -0.4 is 33.2 Å². The highest BCUT2D eigenvalue weighted by Crippen LogP contribution is 2.35. The van der Waals surface area contributed by atoms with Crippen LogP contribution in [0, 0.1) is 75.2 Å². The Labute approximate surface area is 716 Å². The third-order valence-electron chi connectivity index (χ3n) is 18.0. The number of nitrogens with zero attached hydrogens (tertiary/aromatic N) is 7. The molecule has 0 aromatic heterocycles. The Morgan fingerprint density at radius 2 is 0.613 bits per heavy atom. The van der Waals surface area contributed by atoms with Gasteiger partial charge in [-0.3, -0.25) is 14.4 Å². The van der Waals surface area contributed by atoms with Crippen LogP contribution in [0.1, 0.15) is 88.9 Å². The first kappa shape index (κ1) is 90.6. The van der Waals surface area contributed by atoms with Crippen molar-refractivity contribution in [2.24, 2.45) is 5.41 Å². The number of benzene rings is 12. The van der Waals surface area contributed by atoms with Gasteiger partial charge in [-0.15, -0.1) is 0 Å². The molecule has 0 heterocycles. The van der Waals surface area contributed by atoms with Gasteiger partial charge in [0.25, 0.3) is 0 Å². The van der Waals surface area contributed by atoms with Crippen molar-refractivity contribution in [3.63, 3.8) is 0 Å². The van der Waals surface area contributed by atoms with Crippen molar-refractivity contribution in [3.8, 4) is 126 Å². The lowest BCUT2D eigenvalue weighted by Gasteiger charge is -2.24. The fraction of sp³-hybridized carbons (Fsp3) is 0.129. The molecule has 0 N–H and O–H groups in total. The number of nitriles is 5. The van der Waals surface area contributed by atoms with E-state index in [1.165, 1.54) is 18.6 Å². The van der Waals surface area contributed by atoms with Crippen LogP contribution in [0.15, 0.2) is 304 Å². The van der Waals surface area contributed by atoms with Crippen LogP contribution in [0.2, 0.25) is 0 Å². The Balaban J connectivity index is 0.000000262. The molecular formula is C101H77N7O16. The smallest absolute Gasteiger partial charge is 0.387 e. The van der Waals surface area contributed by atoms with Crippen LogP contribution in [0.4, 0.5) is 5.69 Å². The van der Waals surface area contributed by atoms with Gasteiger partial charge in [-0.05, 0) is 226 Å². The molecule has 23 nitrogen and oxygen atoms in total. The second-order valence-corrected chi connectivity index (χ2v) is 26.7. The largest absolute Gasteiger partial charge is 0.490 e. The van der Waals surface area contributed by atoms with Gasteiger partial charge >= 0.3 is 48.3 Å². The van der Waals surface area contributed by atoms with E-state index < -0.39 is 47.2 Å². The minimum Gasteiger partial charge on any atom is -0.490 e. The lowest BCUT2D eigenvalue weighted by atomic mass is 9.80. The van der Waals surface area contributed by atoms with E-state index in [2.05, 4.69) is 54.4 Å². The molecular weight excluding hydrogens is 1570 g/mol. The maximum atomic E-state index is 13.8. The molecule has 0 atom stereocenters. The summed E-state index contributed by atoms with van der Waals surface area (Å²) in [6.07, 6.45) is 0.952. The van der Waals surface area contributed by atoms with Crippen molar-refractivity contribution >= 4 is 47.5 Å². The van der Waals surface area contributed by atoms with E-state index in [1.54, 1.807) is 206 Å². The molecule has 0 saturated heterocycles. The number of carbonyl (C=O) groups excluding carboxylic acids is 7. The molecule has 0 unspecified atom stereocenters. The normalized spacial score (nSPS) is 10.1. The molecule has 0 spiro atoms. The molecule has 12 aromatic carbocycles. The summed E-state index contributed by atoms with van der Waals surface area (Å²) >= 11 is 0. The second-order valence-electron chi connectivity index (χ2n) is 26.7. The molecule has 0 radical (unpaired) electrons. The molecule has 0 amide bonds. The number of esters is 7. The molecule has 12 rings (SSSR count). The molecule has 23 heteroatoms. The van der Waals surface area contributed by atoms with E-state index in [-0.39, 0.29) is 75.7 Å². The predicted octanol–water partition coefficient (Wildman–Crippen LogP) is 20.4. The number of carbonyl (C=O) groups is 7. The molecule has 0 aliphatic heterocycles. The standard InChI is InChI=1S/C57H40N4O9.C25H18N2O5.C16H11NO2.C3H8/c1-61-48-20-10-43(11-21-48)46-16-28-52(29-17-46)70-55(64)47-18-22-49(23-19-47)66-34-35-67-56(65)57(38-60,32-30-53(62)68-50-24-12-44(13-25-50)41-6-2-39(36-58)3-7-41)33-31-54(63)69-51-26-14-45(15-27-51)42-8-4-40(37-59)5-9-42;1-27-17-24(28)31-15-14-30-22-10-8-21(9-11-22)25(29)32-23-12-6-20(7-13-23)19-4-2-18(16-26)3-5-19;1-2-16(18)19-15-9-7-14(8-10-15)13-5-3-12(11-17)4-6-13;1-3-2/h2-29H,30-35H2;2-13H,14-15,17H2;2-10H,1H2;3H2,1-2H3. The highest BCUT2D eigenvalue weighted by atomic mass is 16.6. The van der Waals surface area contributed by atoms with Gasteiger partial charge in [0.05, 0.1) is 70.3 Å². The Morgan fingerprint density at radius 3 is 0.887 bits per heavy atom. The molecule has 0 fully saturated rings. The SMILES string of the molecule is C=CC(=O)Oc1ccc(-c2ccc(C#N)cc2)cc1.CCC.[C-]#[N+]CC(=O)OCCOc1ccc(C(=O)Oc2ccc(-c3ccc(C#N)cc3)cc2)cc1.[C-]#[N+]c1ccc(-c2ccc(OC(=O)c3ccc(OCCOC(=O)C(C#N)(CCC(=O)Oc4ccc(-c5ccc(C#N)cc5)cc4)CCC(=O)Oc4ccc(-c5ccc(C#N)cc5)cc4)cc3)cc2)cc1. The van der Waals surface area contributed by atoms with E-state index in [4.69, 9.17) is 76.8 Å². The highest BCUT2D eigenvalue weighted by Gasteiger charge is 2.42. The third-order valence-corrected chi connectivity index (χ3v) is 18.0. The van der Waals surface area contributed by atoms with E-state index in [0.717, 1.165) is 61.7 Å². The Bertz CT molecular complexity index is 5860. The third kappa shape index (κ3) is 28.0. The minimum absolute atomic E-state index is 0.0383. The summed E-state index contributed by atoms with van der Waals surface area (Å²) in [6.45, 7) is 20.7. The molecule has 0 aliphatic rings. The lowest BCUT2D eigenvalue weighted by molar-refractivity contribution is -0.155. The monoisotopic (exact) mass is 1640 g/mol. The van der Waals surface area contributed by atoms with E-state index >= 15 is 0 Å². The van der Waals surface area contributed by atoms with Gasteiger partial charge in [-0.1, -0.05) is 160 Å². The lowest BCUT2D eigenvalue weighted by Crippen LogP contribution is -2.34. The van der Waals surface area contributed by atoms with E-state index in [9.17, 15) is 38.8 Å². The summed E-state index contributed by atoms with van der Waals surface area (Å²) in [5.74, 6) is -2.03. The fourth-order valence-electron chi connectivity index (χ4n) is 11.5. The van der Waals surface area contributed by atoms with Gasteiger partial charge in [0.2, 0.25) is 0 Å². The molecule has 0 aliphatic carbocycles. The molecule has 0 bridgehead atoms. The number of hydrogen-bond donors (Lipinski definition) is 0. The Kier molecular flexibility index (Phi) is 34.5. The zero-order chi connectivity index (χ0) is 88.4. The molecule has 124 heavy (non-hydrogen) atoms. The summed E-state index contributed by atoms with van der Waals surface area (Å²) in [7, 11) is 0. The van der Waals surface area contributed by atoms with Crippen molar-refractivity contribution in [1.82, 2.24) is 0 Å². The van der Waals surface area contributed by atoms with Crippen LogP contribution in [0.25, 0.3) is 65.3 Å². The summed E-state index contributed by atoms with van der Waals surface area (Å²) in [5.41, 5.74) is 10.5. The average Bonchev–Trinajstić information content (AvgIpc) is 0.820. The maximum Gasteiger partial charge on any atom is 0.387 e. The number of hydrogen-bond acceptors (Lipinski definition) is 21. The quantitative estimate of drug-likeness (QED) is 0.0138. The highest BCUT2D eigenvalue weighted by molar-refractivity contribution is 5.92. The van der Waals surface area contributed by atoms with Crippen LogP contribution >= 0.6 is 0 Å². The summed E-state index contributed by atoms with van der Waals surface area (Å²) in [5, 5.41) is 46.3. The van der Waals surface area contributed by atoms with Crippen molar-refractivity contribution in [2.75, 3.05) is 33.0 Å². The van der Waals surface area contributed by atoms with E-state index in [0.29, 0.717) is 62.3 Å². The van der Waals surface area contributed by atoms with E-state index in [1.807, 2.05) is 78.9 Å². The van der Waals surface area contributed by atoms with Crippen molar-refractivity contribution < 1.29 is 76.2 Å². The molecule has 12 aromatic rings. The summed E-state index contributed by atoms with van der Waals surface area (Å²) < 4.78 is 48.5. The van der Waals surface area contributed by atoms with Gasteiger partial charge < -0.3 is 47.5 Å². The van der Waals surface area contributed by atoms with Crippen molar-refractivity contribution in [1.29, 1.82) is 26.3 Å². The fourth-order valence-corrected chi connectivity index (χ4v) is 11.5. The zero-order valence-corrected chi connectivity index (χ0v) is 67.2. The van der Waals surface area contributed by atoms with Gasteiger partial charge in [0.15, 0.2) is 11.1 Å². The number of rotatable bonds is 29. The molecule has 0 saturated carbocycles. The summed E-state index contributed by atoms with van der Waals surface area (Å²) in [6, 6.07) is 93.1. The first-order valence-electron chi connectivity index (χ1n) is 38.5. The van der Waals surface area contributed by atoms with Crippen molar-refractivity contribution in [2.45, 2.75) is 46.0 Å². The summed E-state index contributed by atoms with van der Waals surface area (Å²) in [4.78, 5) is 93.8. The Hall–Kier alpha value is -17.3. The van der Waals surface area contributed by atoms with Gasteiger partial charge in [0.1, 0.15) is 66.7 Å². The van der Waals surface area contributed by atoms with Crippen LogP contribution in [0.3, 0.4) is 0 Å². The average molecular weight is 1640 g/mol. The topological polar surface area (TPSA) is 330 Å². The van der Waals surface area contributed by atoms with Crippen LogP contribution in [-0.2, 0) is 33.4 Å². The predicted molar refractivity (Wildman–Crippen MR) is 461 cm³/mol. The second kappa shape index (κ2) is 47.2. The van der Waals surface area contributed by atoms with Gasteiger partial charge in [-0.25, -0.2) is 30.6 Å². The first-order chi connectivity index (χ1) is 60.3.